The number of hydrogen-bond acceptors (Lipinski definition) is 2. The third kappa shape index (κ3) is 7.36. The SMILES string of the molecule is CCCCC#CC1=C(c2ccccc2)OC(/C(=C\c2ccccc2)C(=O)c2ccccc2)=C(CCCC)C1c1ccccc1. The third-order valence-electron chi connectivity index (χ3n) is 7.86. The number of rotatable bonds is 11. The molecule has 0 spiro atoms. The van der Waals surface area contributed by atoms with Gasteiger partial charge < -0.3 is 4.74 Å². The third-order valence-corrected chi connectivity index (χ3v) is 7.86. The first-order valence-electron chi connectivity index (χ1n) is 15.8. The molecule has 1 heterocycles. The fourth-order valence-electron chi connectivity index (χ4n) is 5.58. The average Bonchev–Trinajstić information content (AvgIpc) is 3.09. The van der Waals surface area contributed by atoms with Crippen LogP contribution in [0, 0.1) is 11.8 Å². The Bertz CT molecular complexity index is 1680. The molecule has 0 saturated heterocycles. The molecule has 1 aliphatic rings. The molecule has 2 heteroatoms. The van der Waals surface area contributed by atoms with Crippen molar-refractivity contribution < 1.29 is 9.53 Å². The number of hydrogen-bond donors (Lipinski definition) is 0. The quantitative estimate of drug-likeness (QED) is 0.0768. The Morgan fingerprint density at radius 3 is 1.98 bits per heavy atom. The second-order valence-corrected chi connectivity index (χ2v) is 11.1. The zero-order valence-electron chi connectivity index (χ0n) is 25.8. The maximum absolute atomic E-state index is 14.5. The lowest BCUT2D eigenvalue weighted by Gasteiger charge is -2.33. The highest BCUT2D eigenvalue weighted by Gasteiger charge is 2.36. The Hall–Kier alpha value is -4.87. The molecule has 0 saturated carbocycles. The summed E-state index contributed by atoms with van der Waals surface area (Å²) in [5.74, 6) is 8.23. The summed E-state index contributed by atoms with van der Waals surface area (Å²) in [6, 6.07) is 40.3. The first-order valence-corrected chi connectivity index (χ1v) is 15.8. The molecule has 0 radical (unpaired) electrons. The molecule has 220 valence electrons. The molecule has 0 fully saturated rings. The average molecular weight is 577 g/mol. The van der Waals surface area contributed by atoms with Crippen molar-refractivity contribution in [3.8, 4) is 11.8 Å². The number of ether oxygens (including phenoxy) is 1. The summed E-state index contributed by atoms with van der Waals surface area (Å²) >= 11 is 0. The number of Topliss-reactive ketones (excluding diaryl/α,β-unsaturated/α-hetero) is 1. The van der Waals surface area contributed by atoms with Gasteiger partial charge >= 0.3 is 0 Å². The van der Waals surface area contributed by atoms with Crippen molar-refractivity contribution in [2.75, 3.05) is 0 Å². The van der Waals surface area contributed by atoms with Crippen LogP contribution in [-0.2, 0) is 4.74 Å². The molecular formula is C42H40O2. The van der Waals surface area contributed by atoms with Crippen LogP contribution in [0.3, 0.4) is 0 Å². The molecule has 44 heavy (non-hydrogen) atoms. The lowest BCUT2D eigenvalue weighted by atomic mass is 9.77. The smallest absolute Gasteiger partial charge is 0.196 e. The van der Waals surface area contributed by atoms with Gasteiger partial charge in [0.1, 0.15) is 11.5 Å². The Kier molecular flexibility index (Phi) is 10.8. The van der Waals surface area contributed by atoms with Gasteiger partial charge in [-0.2, -0.15) is 0 Å². The molecule has 1 atom stereocenters. The number of carbonyl (C=O) groups is 1. The largest absolute Gasteiger partial charge is 0.455 e. The van der Waals surface area contributed by atoms with E-state index in [2.05, 4.69) is 62.1 Å². The number of allylic oxidation sites excluding steroid dienone is 3. The number of carbonyl (C=O) groups excluding carboxylic acids is 1. The van der Waals surface area contributed by atoms with E-state index in [4.69, 9.17) is 4.74 Å². The van der Waals surface area contributed by atoms with E-state index < -0.39 is 0 Å². The maximum atomic E-state index is 14.5. The predicted octanol–water partition coefficient (Wildman–Crippen LogP) is 10.8. The van der Waals surface area contributed by atoms with E-state index in [0.29, 0.717) is 16.9 Å². The van der Waals surface area contributed by atoms with Gasteiger partial charge in [0.05, 0.1) is 11.1 Å². The summed E-state index contributed by atoms with van der Waals surface area (Å²) in [5.41, 5.74) is 6.30. The number of ketones is 1. The molecule has 0 aromatic heterocycles. The van der Waals surface area contributed by atoms with Crippen LogP contribution in [0.1, 0.15) is 85.3 Å². The normalized spacial score (nSPS) is 15.0. The van der Waals surface area contributed by atoms with E-state index in [1.54, 1.807) is 0 Å². The van der Waals surface area contributed by atoms with E-state index >= 15 is 0 Å². The van der Waals surface area contributed by atoms with Crippen LogP contribution in [0.15, 0.2) is 144 Å². The maximum Gasteiger partial charge on any atom is 0.196 e. The van der Waals surface area contributed by atoms with Crippen molar-refractivity contribution in [2.24, 2.45) is 0 Å². The molecule has 4 aromatic carbocycles. The Morgan fingerprint density at radius 2 is 1.34 bits per heavy atom. The molecule has 4 aromatic rings. The van der Waals surface area contributed by atoms with Gasteiger partial charge in [-0.15, -0.1) is 0 Å². The standard InChI is InChI=1S/C42H40O2/c1-3-5-7-20-30-36-39(33-23-14-9-15-24-33)37(29-6-4-2)42(44-41(36)35-27-18-11-19-28-35)38(31-32-21-12-8-13-22-32)40(43)34-25-16-10-17-26-34/h8-19,21-28,31,39H,3-7,29H2,1-2H3/b38-31-. The van der Waals surface area contributed by atoms with Crippen molar-refractivity contribution >= 4 is 17.6 Å². The minimum Gasteiger partial charge on any atom is -0.455 e. The van der Waals surface area contributed by atoms with Crippen LogP contribution in [-0.4, -0.2) is 5.78 Å². The summed E-state index contributed by atoms with van der Waals surface area (Å²) in [4.78, 5) is 14.5. The fraction of sp³-hybridized carbons (Fsp3) is 0.214. The molecule has 0 N–H and O–H groups in total. The molecule has 5 rings (SSSR count). The summed E-state index contributed by atoms with van der Waals surface area (Å²) in [7, 11) is 0. The van der Waals surface area contributed by atoms with E-state index in [-0.39, 0.29) is 11.7 Å². The van der Waals surface area contributed by atoms with E-state index in [1.807, 2.05) is 91.0 Å². The molecule has 0 aliphatic carbocycles. The minimum absolute atomic E-state index is 0.0600. The topological polar surface area (TPSA) is 26.3 Å². The zero-order valence-corrected chi connectivity index (χ0v) is 25.8. The Labute approximate surface area is 262 Å². The number of benzene rings is 4. The lowest BCUT2D eigenvalue weighted by Crippen LogP contribution is -2.20. The summed E-state index contributed by atoms with van der Waals surface area (Å²) in [6.45, 7) is 4.39. The molecule has 1 unspecified atom stereocenters. The van der Waals surface area contributed by atoms with Gasteiger partial charge in [0.15, 0.2) is 5.78 Å². The van der Waals surface area contributed by atoms with E-state index in [9.17, 15) is 4.79 Å². The van der Waals surface area contributed by atoms with Crippen molar-refractivity contribution in [1.29, 1.82) is 0 Å². The van der Waals surface area contributed by atoms with Crippen LogP contribution >= 0.6 is 0 Å². The van der Waals surface area contributed by atoms with Gasteiger partial charge in [0.25, 0.3) is 0 Å². The summed E-state index contributed by atoms with van der Waals surface area (Å²) in [5, 5.41) is 0. The van der Waals surface area contributed by atoms with Crippen LogP contribution in [0.5, 0.6) is 0 Å². The second kappa shape index (κ2) is 15.6. The minimum atomic E-state index is -0.140. The van der Waals surface area contributed by atoms with E-state index in [0.717, 1.165) is 72.1 Å². The van der Waals surface area contributed by atoms with Crippen molar-refractivity contribution in [2.45, 2.75) is 58.3 Å². The van der Waals surface area contributed by atoms with E-state index in [1.165, 1.54) is 0 Å². The molecule has 2 nitrogen and oxygen atoms in total. The van der Waals surface area contributed by atoms with Gasteiger partial charge in [-0.25, -0.2) is 0 Å². The van der Waals surface area contributed by atoms with Gasteiger partial charge in [-0.05, 0) is 42.0 Å². The Balaban J connectivity index is 1.81. The molecule has 1 aliphatic heterocycles. The van der Waals surface area contributed by atoms with Gasteiger partial charge in [0, 0.05) is 23.5 Å². The highest BCUT2D eigenvalue weighted by atomic mass is 16.5. The first-order chi connectivity index (χ1) is 21.7. The van der Waals surface area contributed by atoms with Crippen LogP contribution in [0.4, 0.5) is 0 Å². The van der Waals surface area contributed by atoms with Crippen LogP contribution < -0.4 is 0 Å². The van der Waals surface area contributed by atoms with Gasteiger partial charge in [-0.1, -0.05) is 160 Å². The van der Waals surface area contributed by atoms with Gasteiger partial charge in [-0.3, -0.25) is 4.79 Å². The van der Waals surface area contributed by atoms with Crippen molar-refractivity contribution in [1.82, 2.24) is 0 Å². The monoisotopic (exact) mass is 576 g/mol. The first kappa shape index (κ1) is 30.6. The van der Waals surface area contributed by atoms with Crippen LogP contribution in [0.25, 0.3) is 11.8 Å². The van der Waals surface area contributed by atoms with Crippen molar-refractivity contribution in [3.05, 3.63) is 166 Å². The summed E-state index contributed by atoms with van der Waals surface area (Å²) in [6.07, 6.45) is 7.75. The summed E-state index contributed by atoms with van der Waals surface area (Å²) < 4.78 is 7.05. The molecule has 0 bridgehead atoms. The second-order valence-electron chi connectivity index (χ2n) is 11.1. The van der Waals surface area contributed by atoms with Gasteiger partial charge in [0.2, 0.25) is 0 Å². The predicted molar refractivity (Wildman–Crippen MR) is 183 cm³/mol. The highest BCUT2D eigenvalue weighted by Crippen LogP contribution is 2.47. The van der Waals surface area contributed by atoms with Crippen molar-refractivity contribution in [3.63, 3.8) is 0 Å². The zero-order chi connectivity index (χ0) is 30.6. The molecule has 0 amide bonds. The molecular weight excluding hydrogens is 536 g/mol. The fourth-order valence-corrected chi connectivity index (χ4v) is 5.58. The van der Waals surface area contributed by atoms with Crippen LogP contribution in [0.2, 0.25) is 0 Å². The Morgan fingerprint density at radius 1 is 0.750 bits per heavy atom. The lowest BCUT2D eigenvalue weighted by molar-refractivity contribution is 0.103. The highest BCUT2D eigenvalue weighted by molar-refractivity contribution is 6.14. The number of unbranched alkanes of at least 4 members (excludes halogenated alkanes) is 3.